The van der Waals surface area contributed by atoms with E-state index in [-0.39, 0.29) is 43.2 Å². The van der Waals surface area contributed by atoms with E-state index in [4.69, 9.17) is 0 Å². The fraction of sp³-hybridized carbons (Fsp3) is 0.326. The van der Waals surface area contributed by atoms with Crippen LogP contribution in [0.1, 0.15) is 47.9 Å². The lowest BCUT2D eigenvalue weighted by atomic mass is 9.86. The molecule has 6 rings (SSSR count). The maximum absolute atomic E-state index is 14.4. The number of carbonyl (C=O) groups excluding carboxylic acids is 5. The van der Waals surface area contributed by atoms with Gasteiger partial charge in [-0.15, -0.1) is 0 Å². The predicted molar refractivity (Wildman–Crippen MR) is 206 cm³/mol. The molecule has 5 amide bonds. The van der Waals surface area contributed by atoms with Gasteiger partial charge < -0.3 is 31.3 Å². The Morgan fingerprint density at radius 2 is 1.39 bits per heavy atom. The van der Waals surface area contributed by atoms with Crippen LogP contribution in [0.4, 0.5) is 0 Å². The van der Waals surface area contributed by atoms with E-state index in [0.717, 1.165) is 16.7 Å². The molecule has 1 aromatic heterocycles. The maximum Gasteiger partial charge on any atom is 0.305 e. The number of nitrogens with zero attached hydrogens (tertiary/aromatic N) is 2. The second-order valence-corrected chi connectivity index (χ2v) is 14.4. The summed E-state index contributed by atoms with van der Waals surface area (Å²) in [6, 6.07) is 26.8. The molecule has 0 spiro atoms. The number of carbonyl (C=O) groups is 6. The molecule has 2 saturated heterocycles. The second kappa shape index (κ2) is 18.8. The number of pyridine rings is 1. The van der Waals surface area contributed by atoms with Gasteiger partial charge in [0, 0.05) is 31.4 Å². The van der Waals surface area contributed by atoms with Gasteiger partial charge in [-0.25, -0.2) is 0 Å². The standard InChI is InChI=1S/C43H46N6O7/c50-38(23-29-13-6-2-7-14-29)46-33-18-19-36-32(21-28-11-4-1-5-12-28)24-37(49(36)43(33)56)42(55)48-34(22-31-17-10-20-44-26-31)41(54)47-35(25-39(51)52)40(53)45-27-30-15-8-3-9-16-30/h1-17,20,26,32-37H,18-19,21-25,27H2,(H,45,53)(H,46,50)(H,47,54)(H,48,55)(H,51,52)/t32-,33-,34+,35-,36?,37+/m1/s1. The van der Waals surface area contributed by atoms with Gasteiger partial charge in [0.15, 0.2) is 0 Å². The van der Waals surface area contributed by atoms with Crippen molar-refractivity contribution in [1.29, 1.82) is 0 Å². The van der Waals surface area contributed by atoms with Gasteiger partial charge in [-0.05, 0) is 59.9 Å². The minimum absolute atomic E-state index is 0.0213. The summed E-state index contributed by atoms with van der Waals surface area (Å²) >= 11 is 0. The fourth-order valence-corrected chi connectivity index (χ4v) is 7.67. The Hall–Kier alpha value is -6.37. The lowest BCUT2D eigenvalue weighted by Gasteiger charge is -2.39. The number of aromatic nitrogens is 1. The average Bonchev–Trinajstić information content (AvgIpc) is 3.57. The van der Waals surface area contributed by atoms with Crippen LogP contribution >= 0.6 is 0 Å². The van der Waals surface area contributed by atoms with E-state index < -0.39 is 54.3 Å². The van der Waals surface area contributed by atoms with Crippen LogP contribution in [0.3, 0.4) is 0 Å². The summed E-state index contributed by atoms with van der Waals surface area (Å²) in [6.07, 6.45) is 4.45. The monoisotopic (exact) mass is 758 g/mol. The van der Waals surface area contributed by atoms with Crippen molar-refractivity contribution in [2.24, 2.45) is 5.92 Å². The first-order chi connectivity index (χ1) is 27.1. The van der Waals surface area contributed by atoms with Gasteiger partial charge in [-0.1, -0.05) is 97.1 Å². The fourth-order valence-electron chi connectivity index (χ4n) is 7.67. The molecule has 0 bridgehead atoms. The van der Waals surface area contributed by atoms with Crippen LogP contribution in [0.2, 0.25) is 0 Å². The van der Waals surface area contributed by atoms with Gasteiger partial charge in [0.25, 0.3) is 0 Å². The molecule has 0 saturated carbocycles. The number of carboxylic acid groups (broad SMARTS) is 1. The van der Waals surface area contributed by atoms with Crippen LogP contribution in [0, 0.1) is 5.92 Å². The molecule has 0 radical (unpaired) electrons. The first-order valence-corrected chi connectivity index (χ1v) is 18.9. The molecule has 13 nitrogen and oxygen atoms in total. The van der Waals surface area contributed by atoms with Crippen LogP contribution in [-0.2, 0) is 54.6 Å². The van der Waals surface area contributed by atoms with E-state index in [1.54, 1.807) is 53.7 Å². The molecule has 4 aromatic rings. The van der Waals surface area contributed by atoms with Gasteiger partial charge in [0.05, 0.1) is 12.8 Å². The zero-order chi connectivity index (χ0) is 39.4. The van der Waals surface area contributed by atoms with Crippen molar-refractivity contribution in [1.82, 2.24) is 31.2 Å². The number of rotatable bonds is 16. The normalized spacial score (nSPS) is 19.9. The van der Waals surface area contributed by atoms with Gasteiger partial charge >= 0.3 is 5.97 Å². The van der Waals surface area contributed by atoms with Crippen LogP contribution in [0.15, 0.2) is 116 Å². The number of benzene rings is 3. The molecular formula is C43H46N6O7. The molecule has 290 valence electrons. The molecule has 2 aliphatic heterocycles. The second-order valence-electron chi connectivity index (χ2n) is 14.4. The van der Waals surface area contributed by atoms with E-state index in [1.165, 1.54) is 0 Å². The first kappa shape index (κ1) is 39.3. The van der Waals surface area contributed by atoms with Gasteiger partial charge in [0.1, 0.15) is 24.2 Å². The summed E-state index contributed by atoms with van der Waals surface area (Å²) in [6.45, 7) is 0.117. The van der Waals surface area contributed by atoms with Crippen molar-refractivity contribution in [3.63, 3.8) is 0 Å². The highest BCUT2D eigenvalue weighted by atomic mass is 16.4. The Bertz CT molecular complexity index is 1980. The number of fused-ring (bicyclic) bond motifs is 1. The minimum atomic E-state index is -1.44. The van der Waals surface area contributed by atoms with Crippen LogP contribution in [0.25, 0.3) is 0 Å². The summed E-state index contributed by atoms with van der Waals surface area (Å²) in [5, 5.41) is 20.6. The Morgan fingerprint density at radius 3 is 2.04 bits per heavy atom. The predicted octanol–water partition coefficient (Wildman–Crippen LogP) is 2.73. The Labute approximate surface area is 325 Å². The molecule has 2 fully saturated rings. The third-order valence-electron chi connectivity index (χ3n) is 10.4. The molecule has 2 aliphatic rings. The summed E-state index contributed by atoms with van der Waals surface area (Å²) in [5.74, 6) is -4.06. The van der Waals surface area contributed by atoms with Crippen LogP contribution < -0.4 is 21.3 Å². The molecule has 56 heavy (non-hydrogen) atoms. The average molecular weight is 759 g/mol. The van der Waals surface area contributed by atoms with E-state index in [1.807, 2.05) is 66.7 Å². The van der Waals surface area contributed by atoms with Crippen molar-refractivity contribution in [3.8, 4) is 0 Å². The highest BCUT2D eigenvalue weighted by molar-refractivity contribution is 5.97. The summed E-state index contributed by atoms with van der Waals surface area (Å²) in [4.78, 5) is 86.5. The van der Waals surface area contributed by atoms with Gasteiger partial charge in [-0.2, -0.15) is 0 Å². The molecule has 3 aromatic carbocycles. The smallest absolute Gasteiger partial charge is 0.305 e. The number of hydrogen-bond donors (Lipinski definition) is 5. The van der Waals surface area contributed by atoms with Crippen LogP contribution in [-0.4, -0.2) is 80.7 Å². The Morgan fingerprint density at radius 1 is 0.750 bits per heavy atom. The minimum Gasteiger partial charge on any atom is -0.481 e. The molecule has 1 unspecified atom stereocenters. The van der Waals surface area contributed by atoms with E-state index in [0.29, 0.717) is 31.2 Å². The third-order valence-corrected chi connectivity index (χ3v) is 10.4. The van der Waals surface area contributed by atoms with Crippen LogP contribution in [0.5, 0.6) is 0 Å². The number of piperidine rings is 1. The summed E-state index contributed by atoms with van der Waals surface area (Å²) < 4.78 is 0. The highest BCUT2D eigenvalue weighted by Gasteiger charge is 2.51. The van der Waals surface area contributed by atoms with Gasteiger partial charge in [0.2, 0.25) is 29.5 Å². The number of carboxylic acids is 1. The lowest BCUT2D eigenvalue weighted by molar-refractivity contribution is -0.147. The van der Waals surface area contributed by atoms with E-state index >= 15 is 0 Å². The Kier molecular flexibility index (Phi) is 13.2. The van der Waals surface area contributed by atoms with Crippen molar-refractivity contribution in [3.05, 3.63) is 138 Å². The molecule has 5 N–H and O–H groups in total. The SMILES string of the molecule is O=C(O)C[C@@H](NC(=O)[C@H](Cc1cccnc1)NC(=O)[C@@H]1C[C@@H](Cc2ccccc2)C2CC[C@@H](NC(=O)Cc3ccccc3)C(=O)N21)C(=O)NCc1ccccc1. The number of amides is 5. The van der Waals surface area contributed by atoms with Crippen molar-refractivity contribution < 1.29 is 33.9 Å². The molecular weight excluding hydrogens is 713 g/mol. The maximum atomic E-state index is 14.4. The van der Waals surface area contributed by atoms with Crippen molar-refractivity contribution in [2.45, 2.75) is 81.7 Å². The van der Waals surface area contributed by atoms with E-state index in [2.05, 4.69) is 26.3 Å². The number of nitrogens with one attached hydrogen (secondary N) is 4. The molecule has 6 atom stereocenters. The summed E-state index contributed by atoms with van der Waals surface area (Å²) in [7, 11) is 0. The Balaban J connectivity index is 1.21. The molecule has 3 heterocycles. The number of hydrogen-bond acceptors (Lipinski definition) is 7. The lowest BCUT2D eigenvalue weighted by Crippen LogP contribution is -2.61. The van der Waals surface area contributed by atoms with Crippen molar-refractivity contribution in [2.75, 3.05) is 0 Å². The number of aliphatic carboxylic acids is 1. The first-order valence-electron chi connectivity index (χ1n) is 18.9. The molecule has 0 aliphatic carbocycles. The topological polar surface area (TPSA) is 187 Å². The summed E-state index contributed by atoms with van der Waals surface area (Å²) in [5.41, 5.74) is 3.27. The van der Waals surface area contributed by atoms with Gasteiger partial charge in [-0.3, -0.25) is 33.8 Å². The highest BCUT2D eigenvalue weighted by Crippen LogP contribution is 2.39. The zero-order valence-electron chi connectivity index (χ0n) is 30.9. The largest absolute Gasteiger partial charge is 0.481 e. The third kappa shape index (κ3) is 10.4. The van der Waals surface area contributed by atoms with Crippen molar-refractivity contribution >= 4 is 35.5 Å². The quantitative estimate of drug-likeness (QED) is 0.115. The molecule has 13 heteroatoms. The zero-order valence-corrected chi connectivity index (χ0v) is 30.9. The van der Waals surface area contributed by atoms with E-state index in [9.17, 15) is 33.9 Å².